The standard InChI is InChI=1S/C23H27Cl3NO7S.Fm/c1-3-35-21-19(27-22(31)23(24,25)26)16(11-28)20(33-12-15-7-5-4-6-8-15)17(34-21)13-32-18(30)10-9-14(2)29;/h4-8,16-17,19-21H,3,9-10,12-13H2,1-2H3,(H,27,31);/q-1;. The normalized spacial score (nSPS) is 23.8. The van der Waals surface area contributed by atoms with Gasteiger partial charge in [0, 0.05) is 12.5 Å². The molecule has 1 saturated heterocycles. The number of amides is 1. The van der Waals surface area contributed by atoms with E-state index in [2.05, 4.69) is 5.32 Å². The van der Waals surface area contributed by atoms with E-state index in [1.165, 1.54) is 18.7 Å². The first-order valence-electron chi connectivity index (χ1n) is 10.9. The Morgan fingerprint density at radius 1 is 1.17 bits per heavy atom. The summed E-state index contributed by atoms with van der Waals surface area (Å²) in [5, 5.41) is 2.57. The molecule has 36 heavy (non-hydrogen) atoms. The van der Waals surface area contributed by atoms with Crippen LogP contribution in [0.1, 0.15) is 32.3 Å². The largest absolute Gasteiger partial charge is 0.541 e. The number of hydrogen-bond donors (Lipinski definition) is 1. The second-order valence-electron chi connectivity index (χ2n) is 7.79. The fourth-order valence-corrected chi connectivity index (χ4v) is 4.57. The zero-order valence-electron chi connectivity index (χ0n) is 19.5. The van der Waals surface area contributed by atoms with Gasteiger partial charge < -0.3 is 29.1 Å². The van der Waals surface area contributed by atoms with Gasteiger partial charge in [-0.25, -0.2) is 0 Å². The number of esters is 1. The van der Waals surface area contributed by atoms with Gasteiger partial charge in [-0.2, -0.15) is 0 Å². The summed E-state index contributed by atoms with van der Waals surface area (Å²) in [5.41, 5.74) is 0.0986. The van der Waals surface area contributed by atoms with Gasteiger partial charge in [0.15, 0.2) is 0 Å². The third-order valence-electron chi connectivity index (χ3n) is 5.11. The summed E-state index contributed by atoms with van der Waals surface area (Å²) in [6.07, 6.45) is 0.138. The molecule has 1 aromatic carbocycles. The maximum absolute atomic E-state index is 12.4. The SMILES string of the molecule is CCSC1OC(COC(=O)CCC(C)=O)C(OCc2ccccc2)C([C-]=O)C1NC(=O)C(Cl)(Cl)Cl.[Fm]. The molecule has 13 heteroatoms. The third kappa shape index (κ3) is 9.59. The zero-order valence-corrected chi connectivity index (χ0v) is 25.0. The van der Waals surface area contributed by atoms with Crippen LogP contribution >= 0.6 is 46.6 Å². The summed E-state index contributed by atoms with van der Waals surface area (Å²) in [4.78, 5) is 47.8. The fraction of sp³-hybridized carbons (Fsp3) is 0.565. The summed E-state index contributed by atoms with van der Waals surface area (Å²) in [6, 6.07) is 8.30. The van der Waals surface area contributed by atoms with Gasteiger partial charge in [0.2, 0.25) is 0 Å². The van der Waals surface area contributed by atoms with Gasteiger partial charge in [-0.3, -0.25) is 15.9 Å². The number of Topliss-reactive ketones (excluding diaryl/α,β-unsaturated/α-hetero) is 1. The Hall–Kier alpha value is -2.36. The molecule has 1 amide bonds. The first-order valence-corrected chi connectivity index (χ1v) is 13.1. The molecular formula is C23H27Cl3FmNO7S-. The molecular weight excluding hydrogens is 798 g/mol. The summed E-state index contributed by atoms with van der Waals surface area (Å²) >= 11 is 18.5. The molecule has 0 spiro atoms. The Labute approximate surface area is 223 Å². The Kier molecular flexibility index (Phi) is 13.2. The number of alkyl halides is 3. The van der Waals surface area contributed by atoms with E-state index in [1.54, 1.807) is 0 Å². The van der Waals surface area contributed by atoms with E-state index >= 15 is 0 Å². The Morgan fingerprint density at radius 2 is 1.83 bits per heavy atom. The van der Waals surface area contributed by atoms with Gasteiger partial charge in [-0.15, -0.1) is 11.8 Å². The van der Waals surface area contributed by atoms with Crippen molar-refractivity contribution in [2.75, 3.05) is 12.4 Å². The second-order valence-corrected chi connectivity index (χ2v) is 11.4. The molecule has 1 heterocycles. The quantitative estimate of drug-likeness (QED) is 0.194. The Bertz CT molecular complexity index is 875. The second kappa shape index (κ2) is 15.0. The van der Waals surface area contributed by atoms with Crippen molar-refractivity contribution in [3.05, 3.63) is 35.9 Å². The number of benzene rings is 1. The smallest absolute Gasteiger partial charge is 0.306 e. The predicted molar refractivity (Wildman–Crippen MR) is 134 cm³/mol. The molecule has 1 aromatic rings. The summed E-state index contributed by atoms with van der Waals surface area (Å²) in [5.74, 6) is -2.08. The monoisotopic (exact) mass is 823 g/mol. The fourth-order valence-electron chi connectivity index (χ4n) is 3.42. The minimum absolute atomic E-state index is 0. The molecule has 8 nitrogen and oxygen atoms in total. The predicted octanol–water partition coefficient (Wildman–Crippen LogP) is 3.54. The van der Waals surface area contributed by atoms with Gasteiger partial charge in [-0.1, -0.05) is 78.0 Å². The zero-order chi connectivity index (χ0) is 26.0. The van der Waals surface area contributed by atoms with Crippen LogP contribution in [-0.2, 0) is 40.0 Å². The molecule has 1 aliphatic rings. The molecule has 0 aliphatic carbocycles. The van der Waals surface area contributed by atoms with Gasteiger partial charge in [0.25, 0.3) is 9.70 Å². The molecule has 0 aromatic heterocycles. The molecule has 0 bridgehead atoms. The number of nitrogens with one attached hydrogen (secondary N) is 1. The van der Waals surface area contributed by atoms with Crippen molar-refractivity contribution in [3.8, 4) is 0 Å². The van der Waals surface area contributed by atoms with Crippen molar-refractivity contribution in [3.63, 3.8) is 0 Å². The summed E-state index contributed by atoms with van der Waals surface area (Å²) in [6.45, 7) is 3.16. The number of rotatable bonds is 12. The maximum Gasteiger partial charge on any atom is 0.306 e. The van der Waals surface area contributed by atoms with Gasteiger partial charge in [0.05, 0.1) is 19.1 Å². The number of carbonyl (C=O) groups excluding carboxylic acids is 4. The number of hydrogen-bond acceptors (Lipinski definition) is 8. The van der Waals surface area contributed by atoms with Crippen molar-refractivity contribution in [1.82, 2.24) is 5.32 Å². The Morgan fingerprint density at radius 3 is 2.39 bits per heavy atom. The molecule has 5 unspecified atom stereocenters. The molecule has 206 valence electrons. The average Bonchev–Trinajstić information content (AvgIpc) is 2.81. The van der Waals surface area contributed by atoms with Crippen molar-refractivity contribution < 1.29 is 33.4 Å². The van der Waals surface area contributed by atoms with Crippen LogP contribution in [0.5, 0.6) is 0 Å². The number of ketones is 1. The molecule has 1 fully saturated rings. The van der Waals surface area contributed by atoms with E-state index in [1.807, 2.05) is 43.5 Å². The minimum atomic E-state index is -2.25. The maximum atomic E-state index is 12.4. The van der Waals surface area contributed by atoms with Crippen LogP contribution in [0.15, 0.2) is 30.3 Å². The van der Waals surface area contributed by atoms with Crippen LogP contribution in [-0.4, -0.2) is 63.8 Å². The van der Waals surface area contributed by atoms with Crippen LogP contribution in [0.4, 0.5) is 0 Å². The van der Waals surface area contributed by atoms with E-state index in [4.69, 9.17) is 49.0 Å². The molecule has 1 N–H and O–H groups in total. The molecule has 2 rings (SSSR count). The minimum Gasteiger partial charge on any atom is -0.541 e. The first kappa shape index (κ1) is 31.7. The van der Waals surface area contributed by atoms with Gasteiger partial charge >= 0.3 is 5.97 Å². The van der Waals surface area contributed by atoms with E-state index < -0.39 is 45.3 Å². The van der Waals surface area contributed by atoms with E-state index in [-0.39, 0.29) is 31.8 Å². The number of halogens is 3. The number of ether oxygens (including phenoxy) is 3. The number of carbonyl (C=O) groups is 3. The van der Waals surface area contributed by atoms with E-state index in [0.717, 1.165) is 5.56 Å². The summed E-state index contributed by atoms with van der Waals surface area (Å²) in [7, 11) is 0. The molecule has 0 radical (unpaired) electrons. The first-order chi connectivity index (χ1) is 16.6. The van der Waals surface area contributed by atoms with Crippen LogP contribution in [0.3, 0.4) is 0 Å². The Balaban J connectivity index is 0.00000648. The topological polar surface area (TPSA) is 108 Å². The average molecular weight is 825 g/mol. The van der Waals surface area contributed by atoms with E-state index in [0.29, 0.717) is 5.75 Å². The van der Waals surface area contributed by atoms with E-state index in [9.17, 15) is 19.2 Å². The molecule has 0 saturated carbocycles. The van der Waals surface area contributed by atoms with Crippen LogP contribution in [0.2, 0.25) is 0 Å². The van der Waals surface area contributed by atoms with Crippen molar-refractivity contribution in [2.24, 2.45) is 5.92 Å². The molecule has 5 atom stereocenters. The van der Waals surface area contributed by atoms with Crippen LogP contribution in [0, 0.1) is 5.92 Å². The van der Waals surface area contributed by atoms with Gasteiger partial charge in [0.1, 0.15) is 23.9 Å². The van der Waals surface area contributed by atoms with Gasteiger partial charge in [-0.05, 0) is 18.2 Å². The van der Waals surface area contributed by atoms with Crippen molar-refractivity contribution in [1.29, 1.82) is 0 Å². The molecule has 1 aliphatic heterocycles. The van der Waals surface area contributed by atoms with Crippen LogP contribution in [0.25, 0.3) is 0 Å². The number of thioether (sulfide) groups is 1. The third-order valence-corrected chi connectivity index (χ3v) is 6.69. The van der Waals surface area contributed by atoms with Crippen LogP contribution < -0.4 is 5.32 Å². The summed E-state index contributed by atoms with van der Waals surface area (Å²) < 4.78 is 15.2. The van der Waals surface area contributed by atoms with Crippen molar-refractivity contribution >= 4 is 70.5 Å². The van der Waals surface area contributed by atoms with Crippen molar-refractivity contribution in [2.45, 2.75) is 60.8 Å².